The quantitative estimate of drug-likeness (QED) is 0.669. The number of carbonyl (C=O) groups is 2. The van der Waals surface area contributed by atoms with Crippen molar-refractivity contribution < 1.29 is 14.3 Å². The number of nitrogens with zero attached hydrogens (tertiary/aromatic N) is 1. The SMILES string of the molecule is CNC(=O)C1CCCN(C(=O)C2(N)CCOC2)C1. The molecule has 2 aliphatic heterocycles. The van der Waals surface area contributed by atoms with Crippen molar-refractivity contribution in [2.45, 2.75) is 24.8 Å². The Morgan fingerprint density at radius 3 is 2.89 bits per heavy atom. The van der Waals surface area contributed by atoms with Gasteiger partial charge in [0.15, 0.2) is 0 Å². The molecule has 0 radical (unpaired) electrons. The molecule has 102 valence electrons. The fourth-order valence-corrected chi connectivity index (χ4v) is 2.64. The highest BCUT2D eigenvalue weighted by Crippen LogP contribution is 2.23. The Labute approximate surface area is 107 Å². The molecule has 18 heavy (non-hydrogen) atoms. The van der Waals surface area contributed by atoms with Gasteiger partial charge in [0.1, 0.15) is 5.54 Å². The molecule has 2 amide bonds. The molecular formula is C12H21N3O3. The second kappa shape index (κ2) is 5.24. The number of hydrogen-bond donors (Lipinski definition) is 2. The van der Waals surface area contributed by atoms with E-state index in [1.54, 1.807) is 11.9 Å². The summed E-state index contributed by atoms with van der Waals surface area (Å²) in [4.78, 5) is 25.7. The molecule has 2 aliphatic rings. The molecule has 0 spiro atoms. The molecule has 2 unspecified atom stereocenters. The van der Waals surface area contributed by atoms with Crippen LogP contribution in [0.1, 0.15) is 19.3 Å². The van der Waals surface area contributed by atoms with Crippen LogP contribution in [-0.2, 0) is 14.3 Å². The Morgan fingerprint density at radius 2 is 2.28 bits per heavy atom. The van der Waals surface area contributed by atoms with Gasteiger partial charge in [0.05, 0.1) is 12.5 Å². The molecule has 0 aromatic rings. The Kier molecular flexibility index (Phi) is 3.87. The van der Waals surface area contributed by atoms with Gasteiger partial charge in [-0.1, -0.05) is 0 Å². The molecule has 3 N–H and O–H groups in total. The van der Waals surface area contributed by atoms with Crippen molar-refractivity contribution in [1.29, 1.82) is 0 Å². The number of carbonyl (C=O) groups excluding carboxylic acids is 2. The van der Waals surface area contributed by atoms with Gasteiger partial charge in [0.2, 0.25) is 11.8 Å². The van der Waals surface area contributed by atoms with E-state index in [2.05, 4.69) is 5.32 Å². The normalized spacial score (nSPS) is 32.3. The molecule has 0 aromatic heterocycles. The van der Waals surface area contributed by atoms with Crippen molar-refractivity contribution in [3.63, 3.8) is 0 Å². The lowest BCUT2D eigenvalue weighted by molar-refractivity contribution is -0.140. The number of piperidine rings is 1. The molecule has 0 saturated carbocycles. The summed E-state index contributed by atoms with van der Waals surface area (Å²) >= 11 is 0. The van der Waals surface area contributed by atoms with Crippen molar-refractivity contribution in [3.8, 4) is 0 Å². The van der Waals surface area contributed by atoms with Crippen LogP contribution in [-0.4, -0.2) is 55.6 Å². The molecule has 2 rings (SSSR count). The fraction of sp³-hybridized carbons (Fsp3) is 0.833. The average molecular weight is 255 g/mol. The van der Waals surface area contributed by atoms with Crippen LogP contribution in [0, 0.1) is 5.92 Å². The minimum Gasteiger partial charge on any atom is -0.379 e. The molecule has 2 fully saturated rings. The number of ether oxygens (including phenoxy) is 1. The molecule has 2 heterocycles. The van der Waals surface area contributed by atoms with Gasteiger partial charge in [-0.25, -0.2) is 0 Å². The highest BCUT2D eigenvalue weighted by molar-refractivity contribution is 5.87. The van der Waals surface area contributed by atoms with Crippen LogP contribution in [0.25, 0.3) is 0 Å². The molecular weight excluding hydrogens is 234 g/mol. The highest BCUT2D eigenvalue weighted by atomic mass is 16.5. The van der Waals surface area contributed by atoms with Crippen LogP contribution < -0.4 is 11.1 Å². The first-order chi connectivity index (χ1) is 8.57. The molecule has 2 atom stereocenters. The summed E-state index contributed by atoms with van der Waals surface area (Å²) in [5.41, 5.74) is 5.19. The lowest BCUT2D eigenvalue weighted by Crippen LogP contribution is -2.58. The third kappa shape index (κ3) is 2.49. The average Bonchev–Trinajstić information content (AvgIpc) is 2.85. The summed E-state index contributed by atoms with van der Waals surface area (Å²) in [7, 11) is 1.62. The second-order valence-electron chi connectivity index (χ2n) is 5.16. The lowest BCUT2D eigenvalue weighted by atomic mass is 9.93. The molecule has 0 aromatic carbocycles. The van der Waals surface area contributed by atoms with E-state index in [4.69, 9.17) is 10.5 Å². The van der Waals surface area contributed by atoms with Crippen LogP contribution in [0.2, 0.25) is 0 Å². The van der Waals surface area contributed by atoms with Gasteiger partial charge in [-0.2, -0.15) is 0 Å². The second-order valence-corrected chi connectivity index (χ2v) is 5.16. The maximum absolute atomic E-state index is 12.4. The summed E-state index contributed by atoms with van der Waals surface area (Å²) in [6.45, 7) is 1.98. The zero-order valence-corrected chi connectivity index (χ0v) is 10.8. The number of nitrogens with one attached hydrogen (secondary N) is 1. The van der Waals surface area contributed by atoms with E-state index < -0.39 is 5.54 Å². The maximum Gasteiger partial charge on any atom is 0.245 e. The minimum absolute atomic E-state index is 0.00115. The zero-order valence-electron chi connectivity index (χ0n) is 10.8. The van der Waals surface area contributed by atoms with E-state index in [1.807, 2.05) is 0 Å². The molecule has 2 saturated heterocycles. The van der Waals surface area contributed by atoms with E-state index in [1.165, 1.54) is 0 Å². The standard InChI is InChI=1S/C12H21N3O3/c1-14-10(16)9-3-2-5-15(7-9)11(17)12(13)4-6-18-8-12/h9H,2-8,13H2,1H3,(H,14,16). The molecule has 6 nitrogen and oxygen atoms in total. The Morgan fingerprint density at radius 1 is 1.50 bits per heavy atom. The topological polar surface area (TPSA) is 84.7 Å². The number of likely N-dealkylation sites (tertiary alicyclic amines) is 1. The van der Waals surface area contributed by atoms with Crippen LogP contribution in [0.3, 0.4) is 0 Å². The summed E-state index contributed by atoms with van der Waals surface area (Å²) in [6, 6.07) is 0. The third-order valence-electron chi connectivity index (χ3n) is 3.80. The molecule has 0 bridgehead atoms. The van der Waals surface area contributed by atoms with E-state index in [-0.39, 0.29) is 24.3 Å². The largest absolute Gasteiger partial charge is 0.379 e. The highest BCUT2D eigenvalue weighted by Gasteiger charge is 2.42. The summed E-state index contributed by atoms with van der Waals surface area (Å²) < 4.78 is 5.22. The first-order valence-electron chi connectivity index (χ1n) is 6.44. The number of amides is 2. The van der Waals surface area contributed by atoms with Gasteiger partial charge < -0.3 is 20.7 Å². The number of rotatable bonds is 2. The molecule has 0 aliphatic carbocycles. The van der Waals surface area contributed by atoms with E-state index >= 15 is 0 Å². The molecule has 6 heteroatoms. The van der Waals surface area contributed by atoms with Gasteiger partial charge >= 0.3 is 0 Å². The van der Waals surface area contributed by atoms with Crippen molar-refractivity contribution in [1.82, 2.24) is 10.2 Å². The van der Waals surface area contributed by atoms with Crippen molar-refractivity contribution in [3.05, 3.63) is 0 Å². The predicted molar refractivity (Wildman–Crippen MR) is 65.7 cm³/mol. The summed E-state index contributed by atoms with van der Waals surface area (Å²) in [5, 5.41) is 2.64. The van der Waals surface area contributed by atoms with Gasteiger partial charge in [-0.05, 0) is 19.3 Å². The zero-order chi connectivity index (χ0) is 13.2. The Balaban J connectivity index is 2.00. The van der Waals surface area contributed by atoms with Crippen LogP contribution in [0.15, 0.2) is 0 Å². The number of nitrogens with two attached hydrogens (primary N) is 1. The Bertz CT molecular complexity index is 339. The van der Waals surface area contributed by atoms with Gasteiger partial charge in [0, 0.05) is 26.7 Å². The van der Waals surface area contributed by atoms with E-state index in [9.17, 15) is 9.59 Å². The summed E-state index contributed by atoms with van der Waals surface area (Å²) in [6.07, 6.45) is 2.24. The van der Waals surface area contributed by atoms with Crippen molar-refractivity contribution in [2.75, 3.05) is 33.4 Å². The van der Waals surface area contributed by atoms with Gasteiger partial charge in [0.25, 0.3) is 0 Å². The smallest absolute Gasteiger partial charge is 0.245 e. The fourth-order valence-electron chi connectivity index (χ4n) is 2.64. The first kappa shape index (κ1) is 13.3. The third-order valence-corrected chi connectivity index (χ3v) is 3.80. The van der Waals surface area contributed by atoms with Crippen LogP contribution >= 0.6 is 0 Å². The Hall–Kier alpha value is -1.14. The number of hydrogen-bond acceptors (Lipinski definition) is 4. The lowest BCUT2D eigenvalue weighted by Gasteiger charge is -2.36. The van der Waals surface area contributed by atoms with Gasteiger partial charge in [-0.3, -0.25) is 9.59 Å². The summed E-state index contributed by atoms with van der Waals surface area (Å²) in [5.74, 6) is -0.187. The van der Waals surface area contributed by atoms with Crippen molar-refractivity contribution in [2.24, 2.45) is 11.7 Å². The monoisotopic (exact) mass is 255 g/mol. The van der Waals surface area contributed by atoms with Crippen molar-refractivity contribution >= 4 is 11.8 Å². The van der Waals surface area contributed by atoms with E-state index in [0.717, 1.165) is 12.8 Å². The first-order valence-corrected chi connectivity index (χ1v) is 6.44. The van der Waals surface area contributed by atoms with E-state index in [0.29, 0.717) is 26.1 Å². The van der Waals surface area contributed by atoms with Crippen LogP contribution in [0.4, 0.5) is 0 Å². The van der Waals surface area contributed by atoms with Gasteiger partial charge in [-0.15, -0.1) is 0 Å². The predicted octanol–water partition coefficient (Wildman–Crippen LogP) is -0.911. The maximum atomic E-state index is 12.4. The van der Waals surface area contributed by atoms with Crippen LogP contribution in [0.5, 0.6) is 0 Å². The minimum atomic E-state index is -0.884.